The van der Waals surface area contributed by atoms with Crippen LogP contribution in [0.1, 0.15) is 24.2 Å². The second-order valence-corrected chi connectivity index (χ2v) is 9.02. The summed E-state index contributed by atoms with van der Waals surface area (Å²) in [6, 6.07) is 19.0. The second kappa shape index (κ2) is 9.90. The van der Waals surface area contributed by atoms with Gasteiger partial charge in [0.05, 0.1) is 26.8 Å². The zero-order chi connectivity index (χ0) is 25.1. The Morgan fingerprint density at radius 2 is 1.69 bits per heavy atom. The number of carbonyl (C=O) groups is 2. The van der Waals surface area contributed by atoms with Crippen LogP contribution in [0.5, 0.6) is 0 Å². The first-order chi connectivity index (χ1) is 16.7. The van der Waals surface area contributed by atoms with E-state index in [0.717, 1.165) is 11.8 Å². The van der Waals surface area contributed by atoms with E-state index >= 15 is 0 Å². The Morgan fingerprint density at radius 1 is 1.03 bits per heavy atom. The van der Waals surface area contributed by atoms with Crippen LogP contribution in [-0.4, -0.2) is 31.4 Å². The van der Waals surface area contributed by atoms with Crippen LogP contribution in [0.25, 0.3) is 16.6 Å². The fraction of sp³-hybridized carbons (Fsp3) is 0.120. The molecule has 10 heteroatoms. The summed E-state index contributed by atoms with van der Waals surface area (Å²) in [7, 11) is 0. The molecule has 1 amide bonds. The fourth-order valence-electron chi connectivity index (χ4n) is 3.39. The minimum atomic E-state index is -0.639. The highest BCUT2D eigenvalue weighted by Crippen LogP contribution is 2.27. The largest absolute Gasteiger partial charge is 0.325 e. The van der Waals surface area contributed by atoms with Gasteiger partial charge < -0.3 is 5.32 Å². The van der Waals surface area contributed by atoms with Crippen molar-refractivity contribution in [1.82, 2.24) is 9.55 Å². The van der Waals surface area contributed by atoms with Crippen molar-refractivity contribution in [2.75, 3.05) is 5.32 Å². The fourth-order valence-corrected chi connectivity index (χ4v) is 4.31. The Hall–Kier alpha value is -4.31. The Kier molecular flexibility index (Phi) is 6.74. The third-order valence-corrected chi connectivity index (χ3v) is 6.33. The van der Waals surface area contributed by atoms with Gasteiger partial charge in [0.1, 0.15) is 0 Å². The lowest BCUT2D eigenvalue weighted by atomic mass is 10.1. The molecule has 0 aliphatic heterocycles. The number of carbonyl (C=O) groups excluding carboxylic acids is 2. The van der Waals surface area contributed by atoms with E-state index in [1.54, 1.807) is 55.5 Å². The Labute approximate surface area is 204 Å². The first-order valence-electron chi connectivity index (χ1n) is 10.6. The normalized spacial score (nSPS) is 11.7. The van der Waals surface area contributed by atoms with E-state index in [0.29, 0.717) is 27.8 Å². The van der Waals surface area contributed by atoms with E-state index in [-0.39, 0.29) is 28.1 Å². The third-order valence-electron chi connectivity index (χ3n) is 5.27. The standard InChI is InChI=1S/C25H20N4O5S/c1-15(30)17-7-9-18(10-8-17)26-23(31)16(2)35-25-27-22-6-4-3-5-21(22)24(32)28(25)19-11-13-20(14-12-19)29(33)34/h3-14,16H,1-2H3,(H,26,31). The second-order valence-electron chi connectivity index (χ2n) is 7.71. The smallest absolute Gasteiger partial charge is 0.269 e. The van der Waals surface area contributed by atoms with Crippen molar-refractivity contribution in [1.29, 1.82) is 0 Å². The number of thioether (sulfide) groups is 1. The number of nitrogens with one attached hydrogen (secondary N) is 1. The number of hydrogen-bond donors (Lipinski definition) is 1. The summed E-state index contributed by atoms with van der Waals surface area (Å²) in [5.74, 6) is -0.387. The number of fused-ring (bicyclic) bond motifs is 1. The molecule has 4 rings (SSSR count). The van der Waals surface area contributed by atoms with Crippen molar-refractivity contribution >= 4 is 45.7 Å². The zero-order valence-corrected chi connectivity index (χ0v) is 19.6. The van der Waals surface area contributed by atoms with Gasteiger partial charge in [-0.3, -0.25) is 29.1 Å². The Morgan fingerprint density at radius 3 is 2.31 bits per heavy atom. The van der Waals surface area contributed by atoms with Crippen LogP contribution in [0.4, 0.5) is 11.4 Å². The molecule has 1 N–H and O–H groups in total. The van der Waals surface area contributed by atoms with Gasteiger partial charge in [0.2, 0.25) is 5.91 Å². The number of rotatable bonds is 7. The quantitative estimate of drug-likeness (QED) is 0.132. The molecule has 0 aliphatic carbocycles. The molecule has 1 atom stereocenters. The molecule has 1 heterocycles. The predicted octanol–water partition coefficient (Wildman–Crippen LogP) is 4.62. The van der Waals surface area contributed by atoms with Crippen molar-refractivity contribution in [2.45, 2.75) is 24.3 Å². The number of aromatic nitrogens is 2. The van der Waals surface area contributed by atoms with Gasteiger partial charge in [-0.05, 0) is 62.4 Å². The molecule has 9 nitrogen and oxygen atoms in total. The van der Waals surface area contributed by atoms with Gasteiger partial charge in [-0.25, -0.2) is 4.98 Å². The van der Waals surface area contributed by atoms with Crippen LogP contribution in [0.15, 0.2) is 82.7 Å². The van der Waals surface area contributed by atoms with Crippen molar-refractivity contribution in [3.05, 3.63) is 98.8 Å². The van der Waals surface area contributed by atoms with E-state index in [9.17, 15) is 24.5 Å². The van der Waals surface area contributed by atoms with Crippen LogP contribution in [0, 0.1) is 10.1 Å². The molecule has 176 valence electrons. The first kappa shape index (κ1) is 23.8. The van der Waals surface area contributed by atoms with E-state index in [4.69, 9.17) is 0 Å². The number of nitro benzene ring substituents is 1. The highest BCUT2D eigenvalue weighted by molar-refractivity contribution is 8.00. The van der Waals surface area contributed by atoms with Crippen LogP contribution in [0.3, 0.4) is 0 Å². The molecule has 0 bridgehead atoms. The number of hydrogen-bond acceptors (Lipinski definition) is 7. The SMILES string of the molecule is CC(=O)c1ccc(NC(=O)C(C)Sc2nc3ccccc3c(=O)n2-c2ccc([N+](=O)[O-])cc2)cc1. The van der Waals surface area contributed by atoms with Gasteiger partial charge in [0.25, 0.3) is 11.2 Å². The molecule has 35 heavy (non-hydrogen) atoms. The lowest BCUT2D eigenvalue weighted by Crippen LogP contribution is -2.26. The predicted molar refractivity (Wildman–Crippen MR) is 134 cm³/mol. The number of nitro groups is 1. The summed E-state index contributed by atoms with van der Waals surface area (Å²) in [5.41, 5.74) is 1.50. The molecular formula is C25H20N4O5S. The minimum absolute atomic E-state index is 0.0709. The van der Waals surface area contributed by atoms with Gasteiger partial charge >= 0.3 is 0 Å². The highest BCUT2D eigenvalue weighted by Gasteiger charge is 2.21. The minimum Gasteiger partial charge on any atom is -0.325 e. The summed E-state index contributed by atoms with van der Waals surface area (Å²) in [6.45, 7) is 3.15. The van der Waals surface area contributed by atoms with Gasteiger partial charge in [-0.2, -0.15) is 0 Å². The number of nitrogens with zero attached hydrogens (tertiary/aromatic N) is 3. The van der Waals surface area contributed by atoms with Gasteiger partial charge in [-0.1, -0.05) is 23.9 Å². The third kappa shape index (κ3) is 5.12. The summed E-state index contributed by atoms with van der Waals surface area (Å²) >= 11 is 1.09. The zero-order valence-electron chi connectivity index (χ0n) is 18.8. The average molecular weight is 489 g/mol. The lowest BCUT2D eigenvalue weighted by Gasteiger charge is -2.16. The molecule has 0 aliphatic rings. The summed E-state index contributed by atoms with van der Waals surface area (Å²) in [6.07, 6.45) is 0. The molecule has 3 aromatic carbocycles. The van der Waals surface area contributed by atoms with E-state index in [1.165, 1.54) is 35.8 Å². The number of benzene rings is 3. The summed E-state index contributed by atoms with van der Waals surface area (Å²) in [5, 5.41) is 13.9. The van der Waals surface area contributed by atoms with Crippen molar-refractivity contribution in [2.24, 2.45) is 0 Å². The summed E-state index contributed by atoms with van der Waals surface area (Å²) in [4.78, 5) is 52.8. The molecule has 4 aromatic rings. The maximum absolute atomic E-state index is 13.3. The monoisotopic (exact) mass is 488 g/mol. The molecule has 0 saturated carbocycles. The molecule has 0 saturated heterocycles. The van der Waals surface area contributed by atoms with E-state index in [2.05, 4.69) is 10.3 Å². The molecule has 1 unspecified atom stereocenters. The van der Waals surface area contributed by atoms with Crippen LogP contribution in [-0.2, 0) is 4.79 Å². The highest BCUT2D eigenvalue weighted by atomic mass is 32.2. The van der Waals surface area contributed by atoms with Crippen molar-refractivity contribution in [3.8, 4) is 5.69 Å². The van der Waals surface area contributed by atoms with Gasteiger partial charge in [-0.15, -0.1) is 0 Å². The average Bonchev–Trinajstić information content (AvgIpc) is 2.84. The summed E-state index contributed by atoms with van der Waals surface area (Å²) < 4.78 is 1.35. The topological polar surface area (TPSA) is 124 Å². The Balaban J connectivity index is 1.67. The number of non-ortho nitro benzene ring substituents is 1. The van der Waals surface area contributed by atoms with Crippen LogP contribution >= 0.6 is 11.8 Å². The lowest BCUT2D eigenvalue weighted by molar-refractivity contribution is -0.384. The van der Waals surface area contributed by atoms with E-state index < -0.39 is 10.2 Å². The van der Waals surface area contributed by atoms with Gasteiger partial charge in [0, 0.05) is 23.4 Å². The first-order valence-corrected chi connectivity index (χ1v) is 11.5. The van der Waals surface area contributed by atoms with Gasteiger partial charge in [0.15, 0.2) is 10.9 Å². The number of para-hydroxylation sites is 1. The number of amides is 1. The van der Waals surface area contributed by atoms with Crippen molar-refractivity contribution < 1.29 is 14.5 Å². The van der Waals surface area contributed by atoms with Crippen LogP contribution < -0.4 is 10.9 Å². The molecule has 1 aromatic heterocycles. The van der Waals surface area contributed by atoms with Crippen LogP contribution in [0.2, 0.25) is 0 Å². The molecular weight excluding hydrogens is 468 g/mol. The maximum Gasteiger partial charge on any atom is 0.269 e. The molecule has 0 fully saturated rings. The number of ketones is 1. The van der Waals surface area contributed by atoms with E-state index in [1.807, 2.05) is 0 Å². The molecule has 0 spiro atoms. The molecule has 0 radical (unpaired) electrons. The van der Waals surface area contributed by atoms with Crippen molar-refractivity contribution in [3.63, 3.8) is 0 Å². The maximum atomic E-state index is 13.3. The number of anilines is 1. The number of Topliss-reactive ketones (excluding diaryl/α,β-unsaturated/α-hetero) is 1. The Bertz CT molecular complexity index is 1500.